The quantitative estimate of drug-likeness (QED) is 0.645. The fourth-order valence-corrected chi connectivity index (χ4v) is 2.96. The highest BCUT2D eigenvalue weighted by Crippen LogP contribution is 2.27. The van der Waals surface area contributed by atoms with Crippen LogP contribution in [0.15, 0.2) is 48.5 Å². The second-order valence-corrected chi connectivity index (χ2v) is 5.89. The molecule has 1 atom stereocenters. The molecule has 0 saturated carbocycles. The van der Waals surface area contributed by atoms with Gasteiger partial charge in [-0.15, -0.1) is 0 Å². The molecule has 0 radical (unpaired) electrons. The molecule has 2 aromatic carbocycles. The van der Waals surface area contributed by atoms with Crippen molar-refractivity contribution < 1.29 is 14.5 Å². The summed E-state index contributed by atoms with van der Waals surface area (Å²) < 4.78 is 5.12. The summed E-state index contributed by atoms with van der Waals surface area (Å²) in [5.74, 6) is -0.0855. The Balaban J connectivity index is 1.73. The smallest absolute Gasteiger partial charge is 0.271 e. The van der Waals surface area contributed by atoms with Gasteiger partial charge in [0, 0.05) is 31.5 Å². The maximum absolute atomic E-state index is 12.7. The van der Waals surface area contributed by atoms with Crippen LogP contribution >= 0.6 is 0 Å². The molecule has 1 amide bonds. The average molecular weight is 341 g/mol. The van der Waals surface area contributed by atoms with E-state index < -0.39 is 4.92 Å². The number of anilines is 2. The first-order chi connectivity index (χ1) is 12.1. The van der Waals surface area contributed by atoms with Crippen LogP contribution in [0.25, 0.3) is 0 Å². The molecule has 25 heavy (non-hydrogen) atoms. The topological polar surface area (TPSA) is 84.7 Å². The fourth-order valence-electron chi connectivity index (χ4n) is 2.96. The molecule has 1 fully saturated rings. The molecular formula is C18H19N3O4. The van der Waals surface area contributed by atoms with E-state index >= 15 is 0 Å². The van der Waals surface area contributed by atoms with E-state index in [2.05, 4.69) is 5.32 Å². The number of hydrogen-bond donors (Lipinski definition) is 1. The number of nitrogens with one attached hydrogen (secondary N) is 1. The molecule has 2 aromatic rings. The van der Waals surface area contributed by atoms with Crippen LogP contribution in [0.1, 0.15) is 12.0 Å². The van der Waals surface area contributed by atoms with Crippen molar-refractivity contribution in [3.63, 3.8) is 0 Å². The highest BCUT2D eigenvalue weighted by atomic mass is 16.6. The second-order valence-electron chi connectivity index (χ2n) is 5.89. The van der Waals surface area contributed by atoms with Crippen molar-refractivity contribution in [1.82, 2.24) is 0 Å². The monoisotopic (exact) mass is 341 g/mol. The third-order valence-electron chi connectivity index (χ3n) is 4.14. The Hall–Kier alpha value is -2.93. The summed E-state index contributed by atoms with van der Waals surface area (Å²) in [5, 5.41) is 14.2. The van der Waals surface area contributed by atoms with Crippen LogP contribution in [-0.2, 0) is 16.1 Å². The highest BCUT2D eigenvalue weighted by Gasteiger charge is 2.33. The average Bonchev–Trinajstić information content (AvgIpc) is 2.96. The van der Waals surface area contributed by atoms with Crippen LogP contribution in [0, 0.1) is 10.1 Å². The molecule has 0 aromatic heterocycles. The minimum atomic E-state index is -0.457. The predicted octanol–water partition coefficient (Wildman–Crippen LogP) is 2.96. The molecule has 0 aliphatic carbocycles. The molecule has 3 rings (SSSR count). The molecule has 7 nitrogen and oxygen atoms in total. The summed E-state index contributed by atoms with van der Waals surface area (Å²) in [5.41, 5.74) is 2.41. The van der Waals surface area contributed by atoms with E-state index in [4.69, 9.17) is 4.74 Å². The number of amides is 1. The largest absolute Gasteiger partial charge is 0.380 e. The number of rotatable bonds is 6. The number of ether oxygens (including phenoxy) is 1. The molecule has 1 aliphatic heterocycles. The lowest BCUT2D eigenvalue weighted by atomic mass is 10.2. The molecule has 1 aliphatic rings. The molecule has 7 heteroatoms. The summed E-state index contributed by atoms with van der Waals surface area (Å²) >= 11 is 0. The minimum absolute atomic E-state index is 0.0195. The van der Waals surface area contributed by atoms with Crippen molar-refractivity contribution in [2.45, 2.75) is 19.1 Å². The van der Waals surface area contributed by atoms with Crippen molar-refractivity contribution in [1.29, 1.82) is 0 Å². The van der Waals surface area contributed by atoms with Gasteiger partial charge in [0.1, 0.15) is 6.04 Å². The van der Waals surface area contributed by atoms with Crippen LogP contribution < -0.4 is 10.2 Å². The molecule has 1 saturated heterocycles. The van der Waals surface area contributed by atoms with E-state index in [1.807, 2.05) is 24.3 Å². The zero-order chi connectivity index (χ0) is 17.8. The third-order valence-corrected chi connectivity index (χ3v) is 4.14. The lowest BCUT2D eigenvalue weighted by Gasteiger charge is -2.18. The number of carbonyl (C=O) groups excluding carboxylic acids is 1. The van der Waals surface area contributed by atoms with Crippen LogP contribution in [0.3, 0.4) is 0 Å². The Bertz CT molecular complexity index is 793. The van der Waals surface area contributed by atoms with Crippen molar-refractivity contribution in [2.24, 2.45) is 0 Å². The zero-order valence-corrected chi connectivity index (χ0v) is 13.8. The Morgan fingerprint density at radius 1 is 1.28 bits per heavy atom. The zero-order valence-electron chi connectivity index (χ0n) is 13.8. The van der Waals surface area contributed by atoms with Crippen molar-refractivity contribution in [3.05, 3.63) is 64.2 Å². The van der Waals surface area contributed by atoms with Gasteiger partial charge in [-0.25, -0.2) is 0 Å². The maximum Gasteiger partial charge on any atom is 0.271 e. The Kier molecular flexibility index (Phi) is 4.95. The van der Waals surface area contributed by atoms with E-state index in [0.29, 0.717) is 25.3 Å². The fraction of sp³-hybridized carbons (Fsp3) is 0.278. The van der Waals surface area contributed by atoms with Crippen LogP contribution in [0.5, 0.6) is 0 Å². The van der Waals surface area contributed by atoms with Gasteiger partial charge < -0.3 is 15.0 Å². The van der Waals surface area contributed by atoms with Gasteiger partial charge in [-0.1, -0.05) is 18.2 Å². The molecule has 1 heterocycles. The Morgan fingerprint density at radius 3 is 2.84 bits per heavy atom. The van der Waals surface area contributed by atoms with Crippen molar-refractivity contribution >= 4 is 23.0 Å². The number of hydrogen-bond acceptors (Lipinski definition) is 5. The van der Waals surface area contributed by atoms with E-state index in [-0.39, 0.29) is 17.6 Å². The van der Waals surface area contributed by atoms with Crippen LogP contribution in [0.4, 0.5) is 17.1 Å². The summed E-state index contributed by atoms with van der Waals surface area (Å²) in [7, 11) is 1.64. The lowest BCUT2D eigenvalue weighted by Crippen LogP contribution is -2.33. The first-order valence-corrected chi connectivity index (χ1v) is 7.99. The van der Waals surface area contributed by atoms with Gasteiger partial charge in [0.25, 0.3) is 5.69 Å². The van der Waals surface area contributed by atoms with E-state index in [1.54, 1.807) is 24.1 Å². The summed E-state index contributed by atoms with van der Waals surface area (Å²) in [6.07, 6.45) is 0.635. The van der Waals surface area contributed by atoms with Gasteiger partial charge in [0.05, 0.1) is 17.2 Å². The number of non-ortho nitro benzene ring substituents is 1. The number of carbonyl (C=O) groups is 1. The van der Waals surface area contributed by atoms with Gasteiger partial charge in [-0.2, -0.15) is 0 Å². The molecule has 0 bridgehead atoms. The molecule has 0 spiro atoms. The number of nitro groups is 1. The summed E-state index contributed by atoms with van der Waals surface area (Å²) in [4.78, 5) is 24.7. The number of methoxy groups -OCH3 is 1. The first-order valence-electron chi connectivity index (χ1n) is 7.99. The molecular weight excluding hydrogens is 322 g/mol. The minimum Gasteiger partial charge on any atom is -0.380 e. The van der Waals surface area contributed by atoms with Crippen LogP contribution in [0.2, 0.25) is 0 Å². The number of nitro benzene ring substituents is 1. The summed E-state index contributed by atoms with van der Waals surface area (Å²) in [6.45, 7) is 1.03. The number of benzene rings is 2. The summed E-state index contributed by atoms with van der Waals surface area (Å²) in [6, 6.07) is 13.5. The maximum atomic E-state index is 12.7. The van der Waals surface area contributed by atoms with E-state index in [9.17, 15) is 14.9 Å². The van der Waals surface area contributed by atoms with E-state index in [0.717, 1.165) is 11.3 Å². The van der Waals surface area contributed by atoms with Gasteiger partial charge >= 0.3 is 0 Å². The third kappa shape index (κ3) is 3.77. The van der Waals surface area contributed by atoms with Crippen molar-refractivity contribution in [3.8, 4) is 0 Å². The van der Waals surface area contributed by atoms with Gasteiger partial charge in [0.2, 0.25) is 5.91 Å². The SMILES string of the molecule is COCc1cccc(NC2CCN(c3cccc([N+](=O)[O-])c3)C2=O)c1. The second kappa shape index (κ2) is 7.31. The number of nitrogens with zero attached hydrogens (tertiary/aromatic N) is 2. The van der Waals surface area contributed by atoms with Gasteiger partial charge in [0.15, 0.2) is 0 Å². The van der Waals surface area contributed by atoms with E-state index in [1.165, 1.54) is 12.1 Å². The molecule has 1 N–H and O–H groups in total. The normalized spacial score (nSPS) is 16.9. The first kappa shape index (κ1) is 16.9. The Labute approximate surface area is 145 Å². The van der Waals surface area contributed by atoms with Gasteiger partial charge in [-0.3, -0.25) is 14.9 Å². The molecule has 1 unspecified atom stereocenters. The highest BCUT2D eigenvalue weighted by molar-refractivity contribution is 6.01. The van der Waals surface area contributed by atoms with Crippen LogP contribution in [-0.4, -0.2) is 30.5 Å². The van der Waals surface area contributed by atoms with Crippen molar-refractivity contribution in [2.75, 3.05) is 23.9 Å². The van der Waals surface area contributed by atoms with Gasteiger partial charge in [-0.05, 0) is 30.2 Å². The Morgan fingerprint density at radius 2 is 2.08 bits per heavy atom. The lowest BCUT2D eigenvalue weighted by molar-refractivity contribution is -0.384. The molecule has 130 valence electrons. The predicted molar refractivity (Wildman–Crippen MR) is 94.6 cm³/mol. The standard InChI is InChI=1S/C18H19N3O4/c1-25-12-13-4-2-5-14(10-13)19-17-8-9-20(18(17)22)15-6-3-7-16(11-15)21(23)24/h2-7,10-11,17,19H,8-9,12H2,1H3.